The lowest BCUT2D eigenvalue weighted by atomic mass is 10.1. The molecule has 2 amide bonds. The molecule has 0 unspecified atom stereocenters. The van der Waals surface area contributed by atoms with Crippen LogP contribution < -0.4 is 4.72 Å². The van der Waals surface area contributed by atoms with Crippen molar-refractivity contribution in [1.82, 2.24) is 9.79 Å². The maximum atomic E-state index is 11.7. The minimum Gasteiger partial charge on any atom is -0.286 e. The Balaban J connectivity index is 2.34. The van der Waals surface area contributed by atoms with E-state index in [1.165, 1.54) is 6.92 Å². The molecule has 0 aromatic heterocycles. The van der Waals surface area contributed by atoms with E-state index < -0.39 is 21.8 Å². The van der Waals surface area contributed by atoms with E-state index in [0.717, 1.165) is 5.56 Å². The molecular formula is C14H20N2O5S. The molecule has 1 aromatic carbocycles. The van der Waals surface area contributed by atoms with E-state index in [9.17, 15) is 18.0 Å². The Morgan fingerprint density at radius 3 is 2.45 bits per heavy atom. The highest BCUT2D eigenvalue weighted by atomic mass is 32.2. The fourth-order valence-electron chi connectivity index (χ4n) is 1.74. The number of rotatable bonds is 8. The van der Waals surface area contributed by atoms with Crippen LogP contribution in [-0.2, 0) is 26.0 Å². The first-order chi connectivity index (χ1) is 10.3. The Bertz CT molecular complexity index is 601. The van der Waals surface area contributed by atoms with Crippen molar-refractivity contribution in [2.75, 3.05) is 12.3 Å². The number of carbonyl (C=O) groups is 2. The van der Waals surface area contributed by atoms with Crippen LogP contribution in [0, 0.1) is 0 Å². The lowest BCUT2D eigenvalue weighted by molar-refractivity contribution is -0.162. The number of sulfonamides is 1. The number of nitrogens with zero attached hydrogens (tertiary/aromatic N) is 1. The van der Waals surface area contributed by atoms with Crippen LogP contribution in [0.25, 0.3) is 0 Å². The molecule has 1 aromatic rings. The third kappa shape index (κ3) is 7.19. The smallest absolute Gasteiger partial charge is 0.242 e. The van der Waals surface area contributed by atoms with Gasteiger partial charge in [-0.15, -0.1) is 0 Å². The zero-order valence-electron chi connectivity index (χ0n) is 12.4. The molecule has 0 aliphatic rings. The lowest BCUT2D eigenvalue weighted by Crippen LogP contribution is -2.34. The second kappa shape index (κ2) is 8.50. The van der Waals surface area contributed by atoms with E-state index in [-0.39, 0.29) is 25.1 Å². The molecule has 0 atom stereocenters. The van der Waals surface area contributed by atoms with Crippen molar-refractivity contribution < 1.29 is 23.2 Å². The van der Waals surface area contributed by atoms with E-state index in [0.29, 0.717) is 11.5 Å². The van der Waals surface area contributed by atoms with Crippen LogP contribution in [0.5, 0.6) is 0 Å². The normalized spacial score (nSPS) is 11.0. The Kier molecular flexibility index (Phi) is 7.00. The van der Waals surface area contributed by atoms with E-state index in [1.807, 2.05) is 35.1 Å². The van der Waals surface area contributed by atoms with Crippen molar-refractivity contribution in [1.29, 1.82) is 0 Å². The molecule has 0 saturated carbocycles. The first-order valence-electron chi connectivity index (χ1n) is 6.84. The highest BCUT2D eigenvalue weighted by Gasteiger charge is 2.15. The average Bonchev–Trinajstić information content (AvgIpc) is 2.45. The summed E-state index contributed by atoms with van der Waals surface area (Å²) >= 11 is 0. The van der Waals surface area contributed by atoms with Crippen LogP contribution in [0.1, 0.15) is 25.3 Å². The molecule has 122 valence electrons. The van der Waals surface area contributed by atoms with Crippen LogP contribution >= 0.6 is 0 Å². The highest BCUT2D eigenvalue weighted by molar-refractivity contribution is 7.90. The maximum Gasteiger partial charge on any atom is 0.242 e. The standard InChI is InChI=1S/C14H20N2O5S/c1-12(17)16(19)10-5-11-22(20,21)15-14(18)9-8-13-6-3-2-4-7-13/h2-4,6-7,19H,5,8-11H2,1H3,(H,15,18). The van der Waals surface area contributed by atoms with Crippen molar-refractivity contribution in [2.24, 2.45) is 0 Å². The van der Waals surface area contributed by atoms with Crippen molar-refractivity contribution in [3.05, 3.63) is 35.9 Å². The zero-order chi connectivity index (χ0) is 16.6. The summed E-state index contributed by atoms with van der Waals surface area (Å²) in [5.74, 6) is -1.48. The molecule has 2 N–H and O–H groups in total. The molecule has 0 saturated heterocycles. The van der Waals surface area contributed by atoms with Gasteiger partial charge in [-0.05, 0) is 18.4 Å². The van der Waals surface area contributed by atoms with Gasteiger partial charge in [0.2, 0.25) is 21.8 Å². The molecule has 0 spiro atoms. The van der Waals surface area contributed by atoms with E-state index >= 15 is 0 Å². The van der Waals surface area contributed by atoms with Gasteiger partial charge in [0.15, 0.2) is 0 Å². The van der Waals surface area contributed by atoms with Gasteiger partial charge in [0.25, 0.3) is 0 Å². The van der Waals surface area contributed by atoms with Gasteiger partial charge in [0, 0.05) is 19.9 Å². The molecule has 8 heteroatoms. The highest BCUT2D eigenvalue weighted by Crippen LogP contribution is 2.03. The van der Waals surface area contributed by atoms with Gasteiger partial charge in [-0.25, -0.2) is 13.5 Å². The Morgan fingerprint density at radius 2 is 1.86 bits per heavy atom. The number of carbonyl (C=O) groups excluding carboxylic acids is 2. The lowest BCUT2D eigenvalue weighted by Gasteiger charge is -2.12. The predicted molar refractivity (Wildman–Crippen MR) is 80.5 cm³/mol. The first-order valence-corrected chi connectivity index (χ1v) is 8.49. The second-order valence-electron chi connectivity index (χ2n) is 4.83. The van der Waals surface area contributed by atoms with Crippen molar-refractivity contribution in [2.45, 2.75) is 26.2 Å². The summed E-state index contributed by atoms with van der Waals surface area (Å²) in [7, 11) is -3.76. The fraction of sp³-hybridized carbons (Fsp3) is 0.429. The summed E-state index contributed by atoms with van der Waals surface area (Å²) in [5, 5.41) is 9.55. The molecule has 0 heterocycles. The number of amides is 2. The van der Waals surface area contributed by atoms with Crippen molar-refractivity contribution >= 4 is 21.8 Å². The summed E-state index contributed by atoms with van der Waals surface area (Å²) in [6, 6.07) is 9.28. The van der Waals surface area contributed by atoms with Crippen LogP contribution in [0.3, 0.4) is 0 Å². The maximum absolute atomic E-state index is 11.7. The van der Waals surface area contributed by atoms with Crippen LogP contribution in [0.15, 0.2) is 30.3 Å². The number of hydrogen-bond acceptors (Lipinski definition) is 5. The second-order valence-corrected chi connectivity index (χ2v) is 6.67. The van der Waals surface area contributed by atoms with Gasteiger partial charge in [-0.1, -0.05) is 30.3 Å². The molecule has 7 nitrogen and oxygen atoms in total. The van der Waals surface area contributed by atoms with E-state index in [2.05, 4.69) is 0 Å². The minimum atomic E-state index is -3.76. The zero-order valence-corrected chi connectivity index (χ0v) is 13.2. The topological polar surface area (TPSA) is 104 Å². The summed E-state index contributed by atoms with van der Waals surface area (Å²) in [6.07, 6.45) is 0.567. The van der Waals surface area contributed by atoms with Crippen LogP contribution in [-0.4, -0.2) is 42.8 Å². The Hall–Kier alpha value is -1.93. The number of hydrogen-bond donors (Lipinski definition) is 2. The molecule has 0 aliphatic carbocycles. The molecule has 0 bridgehead atoms. The third-order valence-corrected chi connectivity index (χ3v) is 4.26. The summed E-state index contributed by atoms with van der Waals surface area (Å²) in [6.45, 7) is 1.06. The largest absolute Gasteiger partial charge is 0.286 e. The van der Waals surface area contributed by atoms with Crippen LogP contribution in [0.4, 0.5) is 0 Å². The predicted octanol–water partition coefficient (Wildman–Crippen LogP) is 0.693. The average molecular weight is 328 g/mol. The molecule has 1 rings (SSSR count). The fourth-order valence-corrected chi connectivity index (χ4v) is 2.80. The number of benzene rings is 1. The third-order valence-electron chi connectivity index (χ3n) is 2.90. The first kappa shape index (κ1) is 18.1. The minimum absolute atomic E-state index is 0.0391. The van der Waals surface area contributed by atoms with Gasteiger partial charge >= 0.3 is 0 Å². The number of aryl methyl sites for hydroxylation is 1. The van der Waals surface area contributed by atoms with Gasteiger partial charge in [0.05, 0.1) is 5.75 Å². The van der Waals surface area contributed by atoms with Gasteiger partial charge < -0.3 is 0 Å². The van der Waals surface area contributed by atoms with E-state index in [4.69, 9.17) is 5.21 Å². The quantitative estimate of drug-likeness (QED) is 0.540. The Labute approximate surface area is 129 Å². The van der Waals surface area contributed by atoms with Gasteiger partial charge in [0.1, 0.15) is 0 Å². The Morgan fingerprint density at radius 1 is 1.23 bits per heavy atom. The van der Waals surface area contributed by atoms with E-state index in [1.54, 1.807) is 0 Å². The van der Waals surface area contributed by atoms with Crippen molar-refractivity contribution in [3.63, 3.8) is 0 Å². The van der Waals surface area contributed by atoms with Crippen molar-refractivity contribution in [3.8, 4) is 0 Å². The van der Waals surface area contributed by atoms with Gasteiger partial charge in [-0.2, -0.15) is 0 Å². The number of hydroxylamine groups is 2. The molecule has 22 heavy (non-hydrogen) atoms. The summed E-state index contributed by atoms with van der Waals surface area (Å²) in [5.41, 5.74) is 0.951. The monoisotopic (exact) mass is 328 g/mol. The summed E-state index contributed by atoms with van der Waals surface area (Å²) < 4.78 is 25.4. The molecule has 0 fully saturated rings. The molecule has 0 aliphatic heterocycles. The SMILES string of the molecule is CC(=O)N(O)CCCS(=O)(=O)NC(=O)CCc1ccccc1. The number of nitrogens with one attached hydrogen (secondary N) is 1. The molecule has 0 radical (unpaired) electrons. The van der Waals surface area contributed by atoms with Gasteiger partial charge in [-0.3, -0.25) is 19.5 Å². The summed E-state index contributed by atoms with van der Waals surface area (Å²) in [4.78, 5) is 22.4. The molecular weight excluding hydrogens is 308 g/mol. The van der Waals surface area contributed by atoms with Crippen LogP contribution in [0.2, 0.25) is 0 Å².